The highest BCUT2D eigenvalue weighted by Gasteiger charge is 2.08. The Morgan fingerprint density at radius 1 is 1.20 bits per heavy atom. The molecule has 2 aromatic rings. The van der Waals surface area contributed by atoms with Crippen molar-refractivity contribution in [3.05, 3.63) is 41.6 Å². The summed E-state index contributed by atoms with van der Waals surface area (Å²) in [5.41, 5.74) is 3.33. The Morgan fingerprint density at radius 3 is 2.60 bits per heavy atom. The fraction of sp³-hybridized carbons (Fsp3) is 0.308. The van der Waals surface area contributed by atoms with Gasteiger partial charge in [-0.3, -0.25) is 0 Å². The molecule has 2 heteroatoms. The Labute approximate surface area is 89.9 Å². The van der Waals surface area contributed by atoms with Crippen molar-refractivity contribution in [3.8, 4) is 11.3 Å². The molecule has 0 unspecified atom stereocenters. The largest absolute Gasteiger partial charge is 0.356 e. The molecule has 0 fully saturated rings. The molecule has 0 aliphatic heterocycles. The summed E-state index contributed by atoms with van der Waals surface area (Å²) < 4.78 is 5.32. The SMILES string of the molecule is Cc1cccc(-c2cc(C(C)C)no2)c1. The fourth-order valence-electron chi connectivity index (χ4n) is 1.50. The first-order chi connectivity index (χ1) is 7.16. The molecule has 15 heavy (non-hydrogen) atoms. The van der Waals surface area contributed by atoms with Crippen LogP contribution in [0.25, 0.3) is 11.3 Å². The summed E-state index contributed by atoms with van der Waals surface area (Å²) in [5.74, 6) is 1.26. The van der Waals surface area contributed by atoms with Gasteiger partial charge in [-0.25, -0.2) is 0 Å². The van der Waals surface area contributed by atoms with Crippen molar-refractivity contribution < 1.29 is 4.52 Å². The molecule has 78 valence electrons. The van der Waals surface area contributed by atoms with E-state index in [2.05, 4.69) is 38.1 Å². The van der Waals surface area contributed by atoms with Gasteiger partial charge in [0, 0.05) is 11.6 Å². The van der Waals surface area contributed by atoms with Crippen LogP contribution < -0.4 is 0 Å². The summed E-state index contributed by atoms with van der Waals surface area (Å²) in [4.78, 5) is 0. The van der Waals surface area contributed by atoms with E-state index in [-0.39, 0.29) is 0 Å². The quantitative estimate of drug-likeness (QED) is 0.739. The molecule has 0 bridgehead atoms. The van der Waals surface area contributed by atoms with E-state index < -0.39 is 0 Å². The zero-order valence-electron chi connectivity index (χ0n) is 9.32. The molecule has 1 heterocycles. The number of rotatable bonds is 2. The lowest BCUT2D eigenvalue weighted by Crippen LogP contribution is -1.84. The van der Waals surface area contributed by atoms with Crippen molar-refractivity contribution in [2.45, 2.75) is 26.7 Å². The normalized spacial score (nSPS) is 10.9. The second-order valence-corrected chi connectivity index (χ2v) is 4.14. The van der Waals surface area contributed by atoms with Crippen LogP contribution in [0, 0.1) is 6.92 Å². The maximum absolute atomic E-state index is 5.32. The highest BCUT2D eigenvalue weighted by atomic mass is 16.5. The third-order valence-corrected chi connectivity index (χ3v) is 2.42. The van der Waals surface area contributed by atoms with Gasteiger partial charge in [0.15, 0.2) is 5.76 Å². The van der Waals surface area contributed by atoms with Gasteiger partial charge in [0.2, 0.25) is 0 Å². The number of aryl methyl sites for hydroxylation is 1. The van der Waals surface area contributed by atoms with Crippen molar-refractivity contribution in [1.82, 2.24) is 5.16 Å². The zero-order chi connectivity index (χ0) is 10.8. The van der Waals surface area contributed by atoms with Crippen LogP contribution in [0.1, 0.15) is 31.0 Å². The van der Waals surface area contributed by atoms with E-state index in [9.17, 15) is 0 Å². The second-order valence-electron chi connectivity index (χ2n) is 4.14. The van der Waals surface area contributed by atoms with Gasteiger partial charge in [0.05, 0.1) is 5.69 Å². The summed E-state index contributed by atoms with van der Waals surface area (Å²) in [6, 6.07) is 10.3. The predicted octanol–water partition coefficient (Wildman–Crippen LogP) is 3.77. The molecular formula is C13H15NO. The summed E-state index contributed by atoms with van der Waals surface area (Å²) >= 11 is 0. The average Bonchev–Trinajstić information content (AvgIpc) is 2.66. The Morgan fingerprint density at radius 2 is 2.00 bits per heavy atom. The van der Waals surface area contributed by atoms with Crippen LogP contribution in [-0.4, -0.2) is 5.16 Å². The van der Waals surface area contributed by atoms with Gasteiger partial charge in [-0.05, 0) is 18.9 Å². The van der Waals surface area contributed by atoms with Crippen molar-refractivity contribution in [3.63, 3.8) is 0 Å². The summed E-state index contributed by atoms with van der Waals surface area (Å²) in [6.45, 7) is 6.29. The number of aromatic nitrogens is 1. The van der Waals surface area contributed by atoms with Gasteiger partial charge < -0.3 is 4.52 Å². The number of benzene rings is 1. The maximum Gasteiger partial charge on any atom is 0.167 e. The first-order valence-corrected chi connectivity index (χ1v) is 5.20. The molecule has 2 nitrogen and oxygen atoms in total. The molecule has 0 N–H and O–H groups in total. The topological polar surface area (TPSA) is 26.0 Å². The average molecular weight is 201 g/mol. The van der Waals surface area contributed by atoms with E-state index in [4.69, 9.17) is 4.52 Å². The van der Waals surface area contributed by atoms with E-state index in [1.807, 2.05) is 18.2 Å². The molecular weight excluding hydrogens is 186 g/mol. The van der Waals surface area contributed by atoms with Crippen LogP contribution in [0.4, 0.5) is 0 Å². The minimum absolute atomic E-state index is 0.410. The van der Waals surface area contributed by atoms with Gasteiger partial charge in [0.25, 0.3) is 0 Å². The molecule has 0 aliphatic rings. The number of hydrogen-bond acceptors (Lipinski definition) is 2. The minimum Gasteiger partial charge on any atom is -0.356 e. The van der Waals surface area contributed by atoms with E-state index in [1.54, 1.807) is 0 Å². The van der Waals surface area contributed by atoms with Crippen LogP contribution in [0.15, 0.2) is 34.9 Å². The third-order valence-electron chi connectivity index (χ3n) is 2.42. The predicted molar refractivity (Wildman–Crippen MR) is 60.8 cm³/mol. The lowest BCUT2D eigenvalue weighted by molar-refractivity contribution is 0.420. The monoisotopic (exact) mass is 201 g/mol. The van der Waals surface area contributed by atoms with Gasteiger partial charge in [-0.2, -0.15) is 0 Å². The molecule has 0 radical (unpaired) electrons. The molecule has 0 saturated carbocycles. The van der Waals surface area contributed by atoms with Crippen LogP contribution in [-0.2, 0) is 0 Å². The van der Waals surface area contributed by atoms with Gasteiger partial charge in [0.1, 0.15) is 0 Å². The second kappa shape index (κ2) is 3.89. The van der Waals surface area contributed by atoms with Gasteiger partial charge in [-0.15, -0.1) is 0 Å². The lowest BCUT2D eigenvalue weighted by Gasteiger charge is -1.96. The Balaban J connectivity index is 2.37. The zero-order valence-corrected chi connectivity index (χ0v) is 9.32. The Kier molecular flexibility index (Phi) is 2.58. The molecule has 0 atom stereocenters. The molecule has 0 aliphatic carbocycles. The molecule has 0 amide bonds. The Bertz CT molecular complexity index is 457. The van der Waals surface area contributed by atoms with E-state index in [0.717, 1.165) is 17.0 Å². The molecule has 0 saturated heterocycles. The van der Waals surface area contributed by atoms with E-state index in [0.29, 0.717) is 5.92 Å². The van der Waals surface area contributed by atoms with Crippen molar-refractivity contribution in [2.24, 2.45) is 0 Å². The van der Waals surface area contributed by atoms with Crippen molar-refractivity contribution in [1.29, 1.82) is 0 Å². The highest BCUT2D eigenvalue weighted by Crippen LogP contribution is 2.24. The smallest absolute Gasteiger partial charge is 0.167 e. The van der Waals surface area contributed by atoms with Crippen LogP contribution >= 0.6 is 0 Å². The molecule has 0 spiro atoms. The summed E-state index contributed by atoms with van der Waals surface area (Å²) in [7, 11) is 0. The first-order valence-electron chi connectivity index (χ1n) is 5.20. The third kappa shape index (κ3) is 2.09. The van der Waals surface area contributed by atoms with Gasteiger partial charge >= 0.3 is 0 Å². The van der Waals surface area contributed by atoms with Crippen LogP contribution in [0.3, 0.4) is 0 Å². The van der Waals surface area contributed by atoms with E-state index >= 15 is 0 Å². The number of hydrogen-bond donors (Lipinski definition) is 0. The van der Waals surface area contributed by atoms with Crippen LogP contribution in [0.2, 0.25) is 0 Å². The fourth-order valence-corrected chi connectivity index (χ4v) is 1.50. The van der Waals surface area contributed by atoms with Crippen molar-refractivity contribution in [2.75, 3.05) is 0 Å². The summed E-state index contributed by atoms with van der Waals surface area (Å²) in [5, 5.41) is 4.05. The van der Waals surface area contributed by atoms with Gasteiger partial charge in [-0.1, -0.05) is 42.8 Å². The van der Waals surface area contributed by atoms with Crippen molar-refractivity contribution >= 4 is 0 Å². The first kappa shape index (κ1) is 9.97. The lowest BCUT2D eigenvalue weighted by atomic mass is 10.1. The minimum atomic E-state index is 0.410. The van der Waals surface area contributed by atoms with E-state index in [1.165, 1.54) is 5.56 Å². The number of nitrogens with zero attached hydrogens (tertiary/aromatic N) is 1. The molecule has 1 aromatic carbocycles. The standard InChI is InChI=1S/C13H15NO/c1-9(2)12-8-13(15-14-12)11-6-4-5-10(3)7-11/h4-9H,1-3H3. The highest BCUT2D eigenvalue weighted by molar-refractivity contribution is 5.58. The molecule has 2 rings (SSSR count). The maximum atomic E-state index is 5.32. The van der Waals surface area contributed by atoms with Crippen LogP contribution in [0.5, 0.6) is 0 Å². The molecule has 1 aromatic heterocycles. The summed E-state index contributed by atoms with van der Waals surface area (Å²) in [6.07, 6.45) is 0. The Hall–Kier alpha value is -1.57.